The van der Waals surface area contributed by atoms with Crippen molar-refractivity contribution in [3.05, 3.63) is 95.3 Å². The third-order valence-electron chi connectivity index (χ3n) is 4.88. The van der Waals surface area contributed by atoms with E-state index in [1.807, 2.05) is 4.72 Å². The highest BCUT2D eigenvalue weighted by molar-refractivity contribution is 7.89. The van der Waals surface area contributed by atoms with Crippen LogP contribution < -0.4 is 4.72 Å². The molecule has 0 saturated heterocycles. The van der Waals surface area contributed by atoms with Crippen LogP contribution >= 0.6 is 0 Å². The molecule has 0 amide bonds. The smallest absolute Gasteiger partial charge is 0.264 e. The lowest BCUT2D eigenvalue weighted by Crippen LogP contribution is -2.32. The number of sulfonamides is 1. The van der Waals surface area contributed by atoms with Crippen molar-refractivity contribution in [3.8, 4) is 0 Å². The molecule has 0 saturated carbocycles. The standard InChI is InChI=1S/C22H16F7NO5S2/c23-17-9-7-14(8-10-17)20(30-36(31,32)18-5-1-3-15(11-18)21(24,25)26)13-35-37(33,34)19-6-2-4-16(12-19)22(27,28)29/h1-12,20,30H,13H2/t20-/m0/s1. The Hall–Kier alpha value is -3.01. The molecule has 0 spiro atoms. The van der Waals surface area contributed by atoms with Crippen molar-refractivity contribution < 1.29 is 51.8 Å². The summed E-state index contributed by atoms with van der Waals surface area (Å²) >= 11 is 0. The number of rotatable bonds is 8. The van der Waals surface area contributed by atoms with E-state index in [0.29, 0.717) is 24.3 Å². The third-order valence-corrected chi connectivity index (χ3v) is 7.63. The van der Waals surface area contributed by atoms with Gasteiger partial charge in [-0.2, -0.15) is 34.8 Å². The molecular formula is C22H16F7NO5S2. The fraction of sp³-hybridized carbons (Fsp3) is 0.182. The SMILES string of the molecule is O=S(=O)(N[C@@H](COS(=O)(=O)c1cccc(C(F)(F)F)c1)c1ccc(F)cc1)c1cccc(C(F)(F)F)c1. The summed E-state index contributed by atoms with van der Waals surface area (Å²) in [6.45, 7) is -1.03. The Kier molecular flexibility index (Phi) is 8.02. The minimum Gasteiger partial charge on any atom is -0.264 e. The van der Waals surface area contributed by atoms with Crippen molar-refractivity contribution in [2.45, 2.75) is 28.2 Å². The molecule has 3 aromatic carbocycles. The van der Waals surface area contributed by atoms with Gasteiger partial charge in [0.2, 0.25) is 10.0 Å². The van der Waals surface area contributed by atoms with Crippen molar-refractivity contribution in [1.29, 1.82) is 0 Å². The predicted molar refractivity (Wildman–Crippen MR) is 115 cm³/mol. The number of alkyl halides is 6. The van der Waals surface area contributed by atoms with Crippen LogP contribution in [0.5, 0.6) is 0 Å². The average molecular weight is 571 g/mol. The van der Waals surface area contributed by atoms with Gasteiger partial charge < -0.3 is 0 Å². The molecule has 0 aromatic heterocycles. The second kappa shape index (κ2) is 10.4. The van der Waals surface area contributed by atoms with E-state index in [2.05, 4.69) is 0 Å². The number of halogens is 7. The third kappa shape index (κ3) is 7.28. The summed E-state index contributed by atoms with van der Waals surface area (Å²) in [5, 5.41) is 0. The second-order valence-corrected chi connectivity index (χ2v) is 10.8. The second-order valence-electron chi connectivity index (χ2n) is 7.52. The molecule has 0 heterocycles. The van der Waals surface area contributed by atoms with E-state index in [0.717, 1.165) is 48.5 Å². The van der Waals surface area contributed by atoms with Crippen molar-refractivity contribution in [1.82, 2.24) is 4.72 Å². The Morgan fingerprint density at radius 1 is 0.730 bits per heavy atom. The monoisotopic (exact) mass is 571 g/mol. The molecule has 200 valence electrons. The fourth-order valence-electron chi connectivity index (χ4n) is 3.04. The molecule has 37 heavy (non-hydrogen) atoms. The van der Waals surface area contributed by atoms with Crippen LogP contribution in [0.25, 0.3) is 0 Å². The van der Waals surface area contributed by atoms with Gasteiger partial charge in [-0.05, 0) is 54.1 Å². The predicted octanol–water partition coefficient (Wildman–Crippen LogP) is 5.29. The largest absolute Gasteiger partial charge is 0.416 e. The fourth-order valence-corrected chi connectivity index (χ4v) is 5.26. The van der Waals surface area contributed by atoms with Gasteiger partial charge in [-0.15, -0.1) is 0 Å². The summed E-state index contributed by atoms with van der Waals surface area (Å²) in [5.74, 6) is -0.735. The van der Waals surface area contributed by atoms with Gasteiger partial charge in [-0.3, -0.25) is 4.18 Å². The van der Waals surface area contributed by atoms with E-state index < -0.39 is 71.9 Å². The summed E-state index contributed by atoms with van der Waals surface area (Å²) in [6.07, 6.45) is -9.72. The van der Waals surface area contributed by atoms with Crippen LogP contribution in [0.2, 0.25) is 0 Å². The molecular weight excluding hydrogens is 555 g/mol. The van der Waals surface area contributed by atoms with E-state index in [1.165, 1.54) is 0 Å². The summed E-state index contributed by atoms with van der Waals surface area (Å²) < 4.78 is 149. The first-order valence-corrected chi connectivity index (χ1v) is 12.9. The first-order chi connectivity index (χ1) is 17.0. The summed E-state index contributed by atoms with van der Waals surface area (Å²) in [4.78, 5) is -1.68. The Bertz CT molecular complexity index is 1470. The van der Waals surface area contributed by atoms with Crippen LogP contribution in [0.1, 0.15) is 22.7 Å². The van der Waals surface area contributed by atoms with Crippen LogP contribution in [0.3, 0.4) is 0 Å². The molecule has 0 fully saturated rings. The number of hydrogen-bond donors (Lipinski definition) is 1. The van der Waals surface area contributed by atoms with Crippen molar-refractivity contribution in [2.24, 2.45) is 0 Å². The van der Waals surface area contributed by atoms with Gasteiger partial charge in [0, 0.05) is 0 Å². The topological polar surface area (TPSA) is 89.5 Å². The summed E-state index contributed by atoms with van der Waals surface area (Å²) in [6, 6.07) is 7.63. The molecule has 15 heteroatoms. The van der Waals surface area contributed by atoms with Gasteiger partial charge >= 0.3 is 12.4 Å². The lowest BCUT2D eigenvalue weighted by molar-refractivity contribution is -0.138. The number of benzene rings is 3. The zero-order valence-electron chi connectivity index (χ0n) is 18.2. The van der Waals surface area contributed by atoms with Gasteiger partial charge in [0.25, 0.3) is 10.1 Å². The quantitative estimate of drug-likeness (QED) is 0.293. The number of hydrogen-bond acceptors (Lipinski definition) is 5. The Balaban J connectivity index is 1.92. The van der Waals surface area contributed by atoms with E-state index >= 15 is 0 Å². The molecule has 0 aliphatic rings. The zero-order valence-corrected chi connectivity index (χ0v) is 19.8. The molecule has 1 atom stereocenters. The maximum Gasteiger partial charge on any atom is 0.416 e. The molecule has 3 aromatic rings. The van der Waals surface area contributed by atoms with Crippen LogP contribution in [0, 0.1) is 5.82 Å². The first kappa shape index (κ1) is 28.6. The van der Waals surface area contributed by atoms with Gasteiger partial charge in [-0.1, -0.05) is 24.3 Å². The van der Waals surface area contributed by atoms with Gasteiger partial charge in [0.05, 0.1) is 33.6 Å². The Morgan fingerprint density at radius 3 is 1.73 bits per heavy atom. The summed E-state index contributed by atoms with van der Waals surface area (Å²) in [5.41, 5.74) is -2.59. The van der Waals surface area contributed by atoms with Crippen molar-refractivity contribution in [3.63, 3.8) is 0 Å². The molecule has 3 rings (SSSR count). The van der Waals surface area contributed by atoms with Crippen LogP contribution in [0.15, 0.2) is 82.6 Å². The molecule has 0 unspecified atom stereocenters. The highest BCUT2D eigenvalue weighted by atomic mass is 32.2. The van der Waals surface area contributed by atoms with E-state index in [1.54, 1.807) is 0 Å². The molecule has 0 bridgehead atoms. The maximum absolute atomic E-state index is 13.4. The molecule has 1 N–H and O–H groups in total. The zero-order chi connectivity index (χ0) is 27.6. The van der Waals surface area contributed by atoms with Crippen LogP contribution in [-0.4, -0.2) is 23.4 Å². The highest BCUT2D eigenvalue weighted by Gasteiger charge is 2.34. The first-order valence-electron chi connectivity index (χ1n) is 10.0. The molecule has 0 aliphatic carbocycles. The highest BCUT2D eigenvalue weighted by Crippen LogP contribution is 2.32. The average Bonchev–Trinajstić information content (AvgIpc) is 2.81. The number of nitrogens with one attached hydrogen (secondary N) is 1. The van der Waals surface area contributed by atoms with E-state index in [-0.39, 0.29) is 5.56 Å². The van der Waals surface area contributed by atoms with E-state index in [4.69, 9.17) is 4.18 Å². The molecule has 6 nitrogen and oxygen atoms in total. The Morgan fingerprint density at radius 2 is 1.22 bits per heavy atom. The van der Waals surface area contributed by atoms with E-state index in [9.17, 15) is 47.6 Å². The van der Waals surface area contributed by atoms with Gasteiger partial charge in [0.1, 0.15) is 5.82 Å². The Labute approximate surface area is 206 Å². The van der Waals surface area contributed by atoms with Crippen molar-refractivity contribution in [2.75, 3.05) is 6.61 Å². The van der Waals surface area contributed by atoms with Gasteiger partial charge in [-0.25, -0.2) is 17.5 Å². The normalized spacial score (nSPS) is 13.9. The minimum absolute atomic E-state index is 0.0452. The van der Waals surface area contributed by atoms with Crippen LogP contribution in [-0.2, 0) is 36.7 Å². The van der Waals surface area contributed by atoms with Crippen molar-refractivity contribution >= 4 is 20.1 Å². The minimum atomic E-state index is -4.86. The van der Waals surface area contributed by atoms with Crippen LogP contribution in [0.4, 0.5) is 30.7 Å². The lowest BCUT2D eigenvalue weighted by atomic mass is 10.1. The van der Waals surface area contributed by atoms with Gasteiger partial charge in [0.15, 0.2) is 0 Å². The lowest BCUT2D eigenvalue weighted by Gasteiger charge is -2.20. The maximum atomic E-state index is 13.4. The molecule has 0 aliphatic heterocycles. The molecule has 0 radical (unpaired) electrons. The summed E-state index contributed by atoms with van der Waals surface area (Å²) in [7, 11) is -9.58.